The molecular weight excluding hydrogens is 322 g/mol. The lowest BCUT2D eigenvalue weighted by atomic mass is 10.1. The molecule has 6 heteroatoms. The van der Waals surface area contributed by atoms with Crippen molar-refractivity contribution in [3.8, 4) is 0 Å². The van der Waals surface area contributed by atoms with Gasteiger partial charge in [0.25, 0.3) is 5.91 Å². The molecule has 0 bridgehead atoms. The van der Waals surface area contributed by atoms with Gasteiger partial charge in [0.1, 0.15) is 0 Å². The summed E-state index contributed by atoms with van der Waals surface area (Å²) in [4.78, 5) is 32.7. The lowest BCUT2D eigenvalue weighted by molar-refractivity contribution is -0.131. The number of aromatic nitrogens is 1. The maximum atomic E-state index is 12.4. The second-order valence-corrected chi connectivity index (χ2v) is 6.68. The summed E-state index contributed by atoms with van der Waals surface area (Å²) in [6.07, 6.45) is 5.57. The third kappa shape index (κ3) is 4.20. The maximum Gasteiger partial charge on any atom is 0.254 e. The van der Waals surface area contributed by atoms with E-state index in [0.717, 1.165) is 24.1 Å². The van der Waals surface area contributed by atoms with Crippen LogP contribution in [-0.4, -0.2) is 52.8 Å². The molecule has 0 aromatic carbocycles. The first kappa shape index (κ1) is 16.6. The van der Waals surface area contributed by atoms with E-state index in [9.17, 15) is 9.59 Å². The largest absolute Gasteiger partial charge is 0.341 e. The minimum absolute atomic E-state index is 0.0703. The van der Waals surface area contributed by atoms with Gasteiger partial charge < -0.3 is 9.80 Å². The molecule has 2 aromatic rings. The summed E-state index contributed by atoms with van der Waals surface area (Å²) in [5.74, 6) is 0.226. The van der Waals surface area contributed by atoms with Gasteiger partial charge in [-0.05, 0) is 35.9 Å². The van der Waals surface area contributed by atoms with Crippen LogP contribution in [0.1, 0.15) is 28.8 Å². The lowest BCUT2D eigenvalue weighted by Gasteiger charge is -2.22. The van der Waals surface area contributed by atoms with E-state index in [1.54, 1.807) is 12.4 Å². The number of amides is 2. The molecule has 0 N–H and O–H groups in total. The Labute approximate surface area is 145 Å². The van der Waals surface area contributed by atoms with E-state index in [-0.39, 0.29) is 11.8 Å². The monoisotopic (exact) mass is 343 g/mol. The van der Waals surface area contributed by atoms with Crippen molar-refractivity contribution >= 4 is 23.2 Å². The van der Waals surface area contributed by atoms with E-state index < -0.39 is 0 Å². The van der Waals surface area contributed by atoms with E-state index in [1.165, 1.54) is 11.3 Å². The van der Waals surface area contributed by atoms with Crippen molar-refractivity contribution in [2.45, 2.75) is 19.3 Å². The highest BCUT2D eigenvalue weighted by atomic mass is 32.1. The Hall–Kier alpha value is -2.21. The summed E-state index contributed by atoms with van der Waals surface area (Å²) in [6, 6.07) is 5.73. The average Bonchev–Trinajstić information content (AvgIpc) is 3.04. The Morgan fingerprint density at radius 3 is 2.71 bits per heavy atom. The number of hydrogen-bond donors (Lipinski definition) is 0. The number of carbonyl (C=O) groups excluding carboxylic acids is 2. The minimum atomic E-state index is 0.0703. The zero-order valence-corrected chi connectivity index (χ0v) is 14.4. The van der Waals surface area contributed by atoms with Crippen LogP contribution >= 0.6 is 11.3 Å². The van der Waals surface area contributed by atoms with Gasteiger partial charge in [0.15, 0.2) is 0 Å². The molecule has 3 heterocycles. The van der Waals surface area contributed by atoms with E-state index in [0.29, 0.717) is 32.5 Å². The van der Waals surface area contributed by atoms with Crippen molar-refractivity contribution in [3.05, 3.63) is 52.5 Å². The zero-order valence-electron chi connectivity index (χ0n) is 13.6. The first-order valence-electron chi connectivity index (χ1n) is 8.22. The summed E-state index contributed by atoms with van der Waals surface area (Å²) in [5.41, 5.74) is 1.83. The third-order valence-electron chi connectivity index (χ3n) is 4.25. The molecule has 0 spiro atoms. The molecule has 0 saturated carbocycles. The molecule has 0 atom stereocenters. The fourth-order valence-corrected chi connectivity index (χ4v) is 3.52. The van der Waals surface area contributed by atoms with Gasteiger partial charge in [-0.15, -0.1) is 0 Å². The molecule has 1 fully saturated rings. The standard InChI is InChI=1S/C18H21N3O2S/c22-17(5-4-15-3-1-7-19-13-15)20-8-2-9-21(11-10-20)18(23)16-6-12-24-14-16/h1,3,6-7,12-14H,2,4-5,8-11H2. The quantitative estimate of drug-likeness (QED) is 0.857. The number of carbonyl (C=O) groups is 2. The van der Waals surface area contributed by atoms with Crippen molar-refractivity contribution in [1.29, 1.82) is 0 Å². The summed E-state index contributed by atoms with van der Waals surface area (Å²) in [6.45, 7) is 2.65. The van der Waals surface area contributed by atoms with Crippen LogP contribution in [-0.2, 0) is 11.2 Å². The topological polar surface area (TPSA) is 53.5 Å². The predicted octanol–water partition coefficient (Wildman–Crippen LogP) is 2.45. The normalized spacial score (nSPS) is 15.2. The SMILES string of the molecule is O=C(CCc1cccnc1)N1CCCN(C(=O)c2ccsc2)CC1. The van der Waals surface area contributed by atoms with Crippen LogP contribution in [0.5, 0.6) is 0 Å². The molecule has 1 aliphatic rings. The second kappa shape index (κ2) is 8.06. The van der Waals surface area contributed by atoms with Crippen LogP contribution < -0.4 is 0 Å². The molecule has 0 unspecified atom stereocenters. The molecule has 126 valence electrons. The van der Waals surface area contributed by atoms with Gasteiger partial charge in [0, 0.05) is 50.4 Å². The molecular formula is C18H21N3O2S. The zero-order chi connectivity index (χ0) is 16.8. The smallest absolute Gasteiger partial charge is 0.254 e. The van der Waals surface area contributed by atoms with Gasteiger partial charge in [-0.25, -0.2) is 0 Å². The molecule has 1 saturated heterocycles. The van der Waals surface area contributed by atoms with E-state index in [4.69, 9.17) is 0 Å². The Morgan fingerprint density at radius 1 is 1.12 bits per heavy atom. The fourth-order valence-electron chi connectivity index (χ4n) is 2.89. The highest BCUT2D eigenvalue weighted by molar-refractivity contribution is 7.08. The van der Waals surface area contributed by atoms with E-state index in [1.807, 2.05) is 38.8 Å². The number of pyridine rings is 1. The fraction of sp³-hybridized carbons (Fsp3) is 0.389. The van der Waals surface area contributed by atoms with Gasteiger partial charge in [-0.2, -0.15) is 11.3 Å². The molecule has 2 aromatic heterocycles. The Kier molecular flexibility index (Phi) is 5.59. The van der Waals surface area contributed by atoms with Crippen LogP contribution in [0.15, 0.2) is 41.4 Å². The van der Waals surface area contributed by atoms with Crippen LogP contribution in [0.4, 0.5) is 0 Å². The van der Waals surface area contributed by atoms with E-state index >= 15 is 0 Å². The number of hydrogen-bond acceptors (Lipinski definition) is 4. The Bertz CT molecular complexity index is 673. The van der Waals surface area contributed by atoms with Crippen molar-refractivity contribution in [2.75, 3.05) is 26.2 Å². The molecule has 5 nitrogen and oxygen atoms in total. The molecule has 3 rings (SSSR count). The third-order valence-corrected chi connectivity index (χ3v) is 4.94. The number of rotatable bonds is 4. The van der Waals surface area contributed by atoms with Gasteiger partial charge in [-0.3, -0.25) is 14.6 Å². The first-order chi connectivity index (χ1) is 11.7. The Morgan fingerprint density at radius 2 is 1.96 bits per heavy atom. The second-order valence-electron chi connectivity index (χ2n) is 5.90. The Balaban J connectivity index is 1.51. The predicted molar refractivity (Wildman–Crippen MR) is 94.0 cm³/mol. The van der Waals surface area contributed by atoms with Crippen molar-refractivity contribution < 1.29 is 9.59 Å². The number of thiophene rings is 1. The highest BCUT2D eigenvalue weighted by Gasteiger charge is 2.22. The van der Waals surface area contributed by atoms with Crippen LogP contribution in [0.25, 0.3) is 0 Å². The van der Waals surface area contributed by atoms with Crippen LogP contribution in [0.2, 0.25) is 0 Å². The summed E-state index contributed by atoms with van der Waals surface area (Å²) in [7, 11) is 0. The molecule has 0 radical (unpaired) electrons. The summed E-state index contributed by atoms with van der Waals surface area (Å²) >= 11 is 1.53. The van der Waals surface area contributed by atoms with Gasteiger partial charge in [0.05, 0.1) is 5.56 Å². The summed E-state index contributed by atoms with van der Waals surface area (Å²) in [5, 5.41) is 3.80. The molecule has 1 aliphatic heterocycles. The lowest BCUT2D eigenvalue weighted by Crippen LogP contribution is -2.37. The first-order valence-corrected chi connectivity index (χ1v) is 9.16. The average molecular weight is 343 g/mol. The van der Waals surface area contributed by atoms with Crippen LogP contribution in [0, 0.1) is 0 Å². The number of nitrogens with zero attached hydrogens (tertiary/aromatic N) is 3. The maximum absolute atomic E-state index is 12.4. The van der Waals surface area contributed by atoms with Gasteiger partial charge in [-0.1, -0.05) is 6.07 Å². The van der Waals surface area contributed by atoms with Gasteiger partial charge in [0.2, 0.25) is 5.91 Å². The van der Waals surface area contributed by atoms with Crippen molar-refractivity contribution in [2.24, 2.45) is 0 Å². The molecule has 0 aliphatic carbocycles. The van der Waals surface area contributed by atoms with Crippen LogP contribution in [0.3, 0.4) is 0 Å². The van der Waals surface area contributed by atoms with E-state index in [2.05, 4.69) is 4.98 Å². The molecule has 24 heavy (non-hydrogen) atoms. The van der Waals surface area contributed by atoms with Crippen molar-refractivity contribution in [3.63, 3.8) is 0 Å². The number of aryl methyl sites for hydroxylation is 1. The minimum Gasteiger partial charge on any atom is -0.341 e. The highest BCUT2D eigenvalue weighted by Crippen LogP contribution is 2.13. The van der Waals surface area contributed by atoms with Gasteiger partial charge >= 0.3 is 0 Å². The molecule has 2 amide bonds. The summed E-state index contributed by atoms with van der Waals surface area (Å²) < 4.78 is 0. The van der Waals surface area contributed by atoms with Crippen molar-refractivity contribution in [1.82, 2.24) is 14.8 Å².